The zero-order valence-corrected chi connectivity index (χ0v) is 16.2. The number of nitrogens with two attached hydrogens (primary N) is 3. The van der Waals surface area contributed by atoms with Crippen LogP contribution in [0, 0.1) is 48.4 Å². The summed E-state index contributed by atoms with van der Waals surface area (Å²) in [5.74, 6) is -0.0252. The SMILES string of the molecule is C#CCN.C#CCNC(=O)C(C)C(C)C(N)=O.CC(C(N)=O)C(C)C(=O)O. The highest BCUT2D eigenvalue weighted by molar-refractivity contribution is 5.86. The van der Waals surface area contributed by atoms with Crippen molar-refractivity contribution in [1.29, 1.82) is 0 Å². The van der Waals surface area contributed by atoms with Crippen LogP contribution in [0.25, 0.3) is 0 Å². The van der Waals surface area contributed by atoms with Crippen LogP contribution in [0.3, 0.4) is 0 Å². The van der Waals surface area contributed by atoms with Crippen LogP contribution >= 0.6 is 0 Å². The molecule has 0 heterocycles. The monoisotopic (exact) mass is 382 g/mol. The molecule has 0 saturated heterocycles. The molecule has 0 aromatic heterocycles. The van der Waals surface area contributed by atoms with E-state index in [1.165, 1.54) is 13.8 Å². The van der Waals surface area contributed by atoms with Crippen LogP contribution in [0.1, 0.15) is 27.7 Å². The lowest BCUT2D eigenvalue weighted by Gasteiger charge is -2.15. The normalized spacial score (nSPS) is 13.3. The summed E-state index contributed by atoms with van der Waals surface area (Å²) < 4.78 is 0. The molecule has 4 unspecified atom stereocenters. The van der Waals surface area contributed by atoms with Gasteiger partial charge in [-0.15, -0.1) is 12.8 Å². The fraction of sp³-hybridized carbons (Fsp3) is 0.556. The summed E-state index contributed by atoms with van der Waals surface area (Å²) in [6.07, 6.45) is 9.61. The van der Waals surface area contributed by atoms with Gasteiger partial charge in [0.25, 0.3) is 0 Å². The zero-order chi connectivity index (χ0) is 22.2. The molecule has 9 nitrogen and oxygen atoms in total. The van der Waals surface area contributed by atoms with Crippen molar-refractivity contribution in [3.63, 3.8) is 0 Å². The molecule has 0 saturated carbocycles. The fourth-order valence-corrected chi connectivity index (χ4v) is 1.23. The van der Waals surface area contributed by atoms with Crippen LogP contribution in [0.4, 0.5) is 0 Å². The molecule has 0 aliphatic heterocycles. The number of hydrogen-bond donors (Lipinski definition) is 5. The Bertz CT molecular complexity index is 559. The Balaban J connectivity index is -0.000000364. The highest BCUT2D eigenvalue weighted by atomic mass is 16.4. The molecule has 3 amide bonds. The van der Waals surface area contributed by atoms with Crippen LogP contribution in [0.2, 0.25) is 0 Å². The highest BCUT2D eigenvalue weighted by Gasteiger charge is 2.24. The summed E-state index contributed by atoms with van der Waals surface area (Å²) >= 11 is 0. The topological polar surface area (TPSA) is 179 Å². The van der Waals surface area contributed by atoms with Crippen LogP contribution in [-0.2, 0) is 19.2 Å². The van der Waals surface area contributed by atoms with Crippen molar-refractivity contribution in [2.45, 2.75) is 27.7 Å². The standard InChI is InChI=1S/C9H14N2O2.C6H11NO3.C3H5N/c1-4-5-11-9(13)7(3)6(2)8(10)12;1-3(5(7)8)4(2)6(9)10;1-2-3-4/h1,6-7H,5H2,2-3H3,(H2,10,12)(H,11,13);3-4H,1-2H3,(H2,7,8)(H,9,10);1H,3-4H2. The van der Waals surface area contributed by atoms with Gasteiger partial charge in [-0.25, -0.2) is 0 Å². The van der Waals surface area contributed by atoms with Gasteiger partial charge in [0.05, 0.1) is 19.0 Å². The van der Waals surface area contributed by atoms with Gasteiger partial charge in [-0.05, 0) is 0 Å². The summed E-state index contributed by atoms with van der Waals surface area (Å²) in [5, 5.41) is 10.9. The van der Waals surface area contributed by atoms with E-state index >= 15 is 0 Å². The fourth-order valence-electron chi connectivity index (χ4n) is 1.23. The molecule has 27 heavy (non-hydrogen) atoms. The first-order valence-corrected chi connectivity index (χ1v) is 8.04. The van der Waals surface area contributed by atoms with Crippen molar-refractivity contribution in [2.75, 3.05) is 13.1 Å². The lowest BCUT2D eigenvalue weighted by molar-refractivity contribution is -0.145. The molecule has 0 spiro atoms. The molecule has 0 aromatic rings. The van der Waals surface area contributed by atoms with Gasteiger partial charge in [-0.1, -0.05) is 39.5 Å². The summed E-state index contributed by atoms with van der Waals surface area (Å²) in [6.45, 7) is 6.73. The number of carboxylic acids is 1. The van der Waals surface area contributed by atoms with Gasteiger partial charge in [0.1, 0.15) is 0 Å². The average Bonchev–Trinajstić information content (AvgIpc) is 2.63. The number of aliphatic carboxylic acids is 1. The van der Waals surface area contributed by atoms with E-state index in [4.69, 9.17) is 28.7 Å². The minimum absolute atomic E-state index is 0.175. The van der Waals surface area contributed by atoms with Gasteiger partial charge < -0.3 is 27.6 Å². The maximum atomic E-state index is 11.2. The predicted octanol–water partition coefficient (Wildman–Crippen LogP) is -1.10. The molecule has 4 atom stereocenters. The number of carbonyl (C=O) groups is 4. The Morgan fingerprint density at radius 3 is 1.48 bits per heavy atom. The van der Waals surface area contributed by atoms with E-state index in [0.29, 0.717) is 6.54 Å². The second-order valence-electron chi connectivity index (χ2n) is 5.63. The average molecular weight is 382 g/mol. The van der Waals surface area contributed by atoms with Gasteiger partial charge in [-0.2, -0.15) is 0 Å². The third-order valence-electron chi connectivity index (χ3n) is 3.68. The first-order valence-electron chi connectivity index (χ1n) is 8.04. The number of carbonyl (C=O) groups excluding carboxylic acids is 3. The molecule has 0 aliphatic carbocycles. The van der Waals surface area contributed by atoms with Gasteiger partial charge in [0, 0.05) is 17.8 Å². The van der Waals surface area contributed by atoms with Crippen molar-refractivity contribution in [1.82, 2.24) is 5.32 Å². The van der Waals surface area contributed by atoms with E-state index in [1.807, 2.05) is 0 Å². The Hall–Kier alpha value is -3.04. The Labute approximate surface area is 160 Å². The summed E-state index contributed by atoms with van der Waals surface area (Å²) in [5.41, 5.74) is 14.7. The quantitative estimate of drug-likeness (QED) is 0.349. The molecule has 152 valence electrons. The largest absolute Gasteiger partial charge is 0.481 e. The molecule has 8 N–H and O–H groups in total. The van der Waals surface area contributed by atoms with Crippen molar-refractivity contribution >= 4 is 23.7 Å². The van der Waals surface area contributed by atoms with E-state index in [1.54, 1.807) is 13.8 Å². The Morgan fingerprint density at radius 2 is 1.26 bits per heavy atom. The summed E-state index contributed by atoms with van der Waals surface area (Å²) in [4.78, 5) is 42.6. The first-order chi connectivity index (χ1) is 12.4. The number of amides is 3. The third kappa shape index (κ3) is 15.0. The molecule has 9 heteroatoms. The van der Waals surface area contributed by atoms with E-state index in [9.17, 15) is 19.2 Å². The predicted molar refractivity (Wildman–Crippen MR) is 102 cm³/mol. The highest BCUT2D eigenvalue weighted by Crippen LogP contribution is 2.10. The maximum absolute atomic E-state index is 11.2. The van der Waals surface area contributed by atoms with Crippen LogP contribution in [-0.4, -0.2) is 41.9 Å². The van der Waals surface area contributed by atoms with E-state index in [2.05, 4.69) is 23.6 Å². The van der Waals surface area contributed by atoms with Gasteiger partial charge >= 0.3 is 5.97 Å². The first kappa shape index (κ1) is 28.8. The third-order valence-corrected chi connectivity index (χ3v) is 3.68. The van der Waals surface area contributed by atoms with Crippen LogP contribution in [0.15, 0.2) is 0 Å². The molecule has 0 rings (SSSR count). The lowest BCUT2D eigenvalue weighted by Crippen LogP contribution is -2.37. The van der Waals surface area contributed by atoms with Crippen molar-refractivity contribution in [3.8, 4) is 24.7 Å². The molecule has 0 aliphatic rings. The second-order valence-corrected chi connectivity index (χ2v) is 5.63. The van der Waals surface area contributed by atoms with Crippen molar-refractivity contribution < 1.29 is 24.3 Å². The number of nitrogens with one attached hydrogen (secondary N) is 1. The van der Waals surface area contributed by atoms with E-state index in [0.717, 1.165) is 0 Å². The number of rotatable bonds is 7. The number of terminal acetylenes is 2. The zero-order valence-electron chi connectivity index (χ0n) is 16.2. The molecule has 0 radical (unpaired) electrons. The maximum Gasteiger partial charge on any atom is 0.307 e. The number of primary amides is 2. The van der Waals surface area contributed by atoms with Gasteiger partial charge in [-0.3, -0.25) is 19.2 Å². The number of carboxylic acid groups (broad SMARTS) is 1. The van der Waals surface area contributed by atoms with Gasteiger partial charge in [0.15, 0.2) is 0 Å². The minimum Gasteiger partial charge on any atom is -0.481 e. The molecular weight excluding hydrogens is 352 g/mol. The summed E-state index contributed by atoms with van der Waals surface area (Å²) in [6, 6.07) is 0. The number of hydrogen-bond acceptors (Lipinski definition) is 5. The van der Waals surface area contributed by atoms with E-state index < -0.39 is 41.5 Å². The van der Waals surface area contributed by atoms with Crippen LogP contribution < -0.4 is 22.5 Å². The van der Waals surface area contributed by atoms with E-state index in [-0.39, 0.29) is 12.5 Å². The molecule has 0 bridgehead atoms. The Kier molecular flexibility index (Phi) is 17.5. The van der Waals surface area contributed by atoms with Crippen molar-refractivity contribution in [3.05, 3.63) is 0 Å². The molecular formula is C18H30N4O5. The minimum atomic E-state index is -0.994. The van der Waals surface area contributed by atoms with Gasteiger partial charge in [0.2, 0.25) is 17.7 Å². The second kappa shape index (κ2) is 16.4. The smallest absolute Gasteiger partial charge is 0.307 e. The lowest BCUT2D eigenvalue weighted by atomic mass is 9.95. The molecule has 0 fully saturated rings. The van der Waals surface area contributed by atoms with Crippen molar-refractivity contribution in [2.24, 2.45) is 40.9 Å². The van der Waals surface area contributed by atoms with Crippen LogP contribution in [0.5, 0.6) is 0 Å². The summed E-state index contributed by atoms with van der Waals surface area (Å²) in [7, 11) is 0. The Morgan fingerprint density at radius 1 is 0.889 bits per heavy atom. The molecule has 0 aromatic carbocycles.